The van der Waals surface area contributed by atoms with Crippen molar-refractivity contribution >= 4 is 15.9 Å². The van der Waals surface area contributed by atoms with Crippen LogP contribution in [0, 0.1) is 11.8 Å². The third-order valence-electron chi connectivity index (χ3n) is 2.13. The molecule has 1 aromatic heterocycles. The second-order valence-electron chi connectivity index (χ2n) is 3.35. The van der Waals surface area contributed by atoms with Crippen molar-refractivity contribution in [1.82, 2.24) is 9.78 Å². The van der Waals surface area contributed by atoms with Gasteiger partial charge in [-0.2, -0.15) is 5.10 Å². The van der Waals surface area contributed by atoms with E-state index in [-0.39, 0.29) is 0 Å². The van der Waals surface area contributed by atoms with Gasteiger partial charge >= 0.3 is 0 Å². The third kappa shape index (κ3) is 2.74. The first kappa shape index (κ1) is 11.0. The molecule has 0 atom stereocenters. The summed E-state index contributed by atoms with van der Waals surface area (Å²) >= 11 is 3.42. The Balaban J connectivity index is 2.21. The minimum Gasteiger partial charge on any atom is -0.272 e. The smallest absolute Gasteiger partial charge is 0.0646 e. The number of benzene rings is 1. The van der Waals surface area contributed by atoms with E-state index in [0.29, 0.717) is 0 Å². The van der Waals surface area contributed by atoms with E-state index in [4.69, 9.17) is 0 Å². The van der Waals surface area contributed by atoms with Crippen molar-refractivity contribution < 1.29 is 0 Å². The Morgan fingerprint density at radius 1 is 1.31 bits per heavy atom. The minimum absolute atomic E-state index is 0.874. The minimum atomic E-state index is 0.874. The van der Waals surface area contributed by atoms with Crippen LogP contribution in [-0.4, -0.2) is 9.78 Å². The van der Waals surface area contributed by atoms with Gasteiger partial charge in [0.25, 0.3) is 0 Å². The number of nitrogens with zero attached hydrogens (tertiary/aromatic N) is 2. The van der Waals surface area contributed by atoms with Crippen LogP contribution >= 0.6 is 15.9 Å². The molecule has 0 radical (unpaired) electrons. The van der Waals surface area contributed by atoms with Crippen LogP contribution in [0.3, 0.4) is 0 Å². The molecule has 0 aliphatic rings. The fourth-order valence-corrected chi connectivity index (χ4v) is 1.71. The van der Waals surface area contributed by atoms with Crippen LogP contribution in [0.15, 0.2) is 41.1 Å². The summed E-state index contributed by atoms with van der Waals surface area (Å²) < 4.78 is 2.91. The lowest BCUT2D eigenvalue weighted by atomic mass is 10.2. The maximum Gasteiger partial charge on any atom is 0.0646 e. The first-order chi connectivity index (χ1) is 7.78. The van der Waals surface area contributed by atoms with Crippen molar-refractivity contribution in [3.8, 4) is 11.8 Å². The second kappa shape index (κ2) is 5.00. The van der Waals surface area contributed by atoms with E-state index in [1.807, 2.05) is 35.1 Å². The summed E-state index contributed by atoms with van der Waals surface area (Å²) in [7, 11) is 0. The molecule has 0 bridgehead atoms. The first-order valence-corrected chi connectivity index (χ1v) is 5.87. The summed E-state index contributed by atoms with van der Waals surface area (Å²) in [5, 5.41) is 4.17. The molecule has 2 aromatic rings. The van der Waals surface area contributed by atoms with E-state index in [9.17, 15) is 0 Å². The molecule has 0 saturated carbocycles. The summed E-state index contributed by atoms with van der Waals surface area (Å²) in [5.41, 5.74) is 1.94. The molecule has 0 N–H and O–H groups in total. The number of rotatable bonds is 1. The van der Waals surface area contributed by atoms with Gasteiger partial charge in [-0.25, -0.2) is 0 Å². The summed E-state index contributed by atoms with van der Waals surface area (Å²) in [5.74, 6) is 6.19. The fourth-order valence-electron chi connectivity index (χ4n) is 1.31. The lowest BCUT2D eigenvalue weighted by Crippen LogP contribution is -1.91. The van der Waals surface area contributed by atoms with Gasteiger partial charge in [0, 0.05) is 22.8 Å². The molecular weight excluding hydrogens is 264 g/mol. The molecule has 1 heterocycles. The molecule has 2 nitrogen and oxygen atoms in total. The van der Waals surface area contributed by atoms with Crippen molar-refractivity contribution in [1.29, 1.82) is 0 Å². The van der Waals surface area contributed by atoms with Gasteiger partial charge in [-0.05, 0) is 25.1 Å². The van der Waals surface area contributed by atoms with E-state index in [2.05, 4.69) is 39.8 Å². The van der Waals surface area contributed by atoms with Crippen LogP contribution in [0.5, 0.6) is 0 Å². The molecule has 0 fully saturated rings. The van der Waals surface area contributed by atoms with E-state index in [1.165, 1.54) is 0 Å². The summed E-state index contributed by atoms with van der Waals surface area (Å²) in [6, 6.07) is 7.95. The average Bonchev–Trinajstić information content (AvgIpc) is 2.74. The van der Waals surface area contributed by atoms with Crippen molar-refractivity contribution in [3.63, 3.8) is 0 Å². The second-order valence-corrected chi connectivity index (χ2v) is 4.26. The van der Waals surface area contributed by atoms with Crippen LogP contribution in [0.2, 0.25) is 0 Å². The van der Waals surface area contributed by atoms with Crippen LogP contribution < -0.4 is 0 Å². The molecule has 2 rings (SSSR count). The maximum atomic E-state index is 4.17. The van der Waals surface area contributed by atoms with Crippen LogP contribution in [0.4, 0.5) is 0 Å². The van der Waals surface area contributed by atoms with Gasteiger partial charge < -0.3 is 0 Å². The molecule has 3 heteroatoms. The molecule has 0 saturated heterocycles. The molecule has 0 spiro atoms. The highest BCUT2D eigenvalue weighted by atomic mass is 79.9. The quantitative estimate of drug-likeness (QED) is 0.731. The highest BCUT2D eigenvalue weighted by molar-refractivity contribution is 9.10. The molecule has 0 aliphatic carbocycles. The van der Waals surface area contributed by atoms with Crippen LogP contribution in [-0.2, 0) is 6.54 Å². The van der Waals surface area contributed by atoms with Gasteiger partial charge in [0.05, 0.1) is 11.8 Å². The standard InChI is InChI=1S/C13H11BrN2/c1-2-16-10-12(9-15-16)7-6-11-4-3-5-13(14)8-11/h3-5,8-10H,2H2,1H3. The zero-order valence-electron chi connectivity index (χ0n) is 8.94. The Labute approximate surface area is 103 Å². The fraction of sp³-hybridized carbons (Fsp3) is 0.154. The Kier molecular flexibility index (Phi) is 3.43. The van der Waals surface area contributed by atoms with Crippen molar-refractivity contribution in [3.05, 3.63) is 52.3 Å². The molecule has 0 aliphatic heterocycles. The van der Waals surface area contributed by atoms with E-state index in [0.717, 1.165) is 22.1 Å². The third-order valence-corrected chi connectivity index (χ3v) is 2.63. The highest BCUT2D eigenvalue weighted by Crippen LogP contribution is 2.10. The molecule has 1 aromatic carbocycles. The number of hydrogen-bond acceptors (Lipinski definition) is 1. The van der Waals surface area contributed by atoms with Gasteiger partial charge in [-0.3, -0.25) is 4.68 Å². The zero-order valence-corrected chi connectivity index (χ0v) is 10.5. The average molecular weight is 275 g/mol. The monoisotopic (exact) mass is 274 g/mol. The van der Waals surface area contributed by atoms with Gasteiger partial charge in [0.15, 0.2) is 0 Å². The van der Waals surface area contributed by atoms with Crippen molar-refractivity contribution in [2.75, 3.05) is 0 Å². The predicted molar refractivity (Wildman–Crippen MR) is 68.0 cm³/mol. The molecule has 0 unspecified atom stereocenters. The van der Waals surface area contributed by atoms with Crippen LogP contribution in [0.25, 0.3) is 0 Å². The maximum absolute atomic E-state index is 4.17. The van der Waals surface area contributed by atoms with Gasteiger partial charge in [-0.1, -0.05) is 33.8 Å². The van der Waals surface area contributed by atoms with Crippen molar-refractivity contribution in [2.24, 2.45) is 0 Å². The Morgan fingerprint density at radius 3 is 2.81 bits per heavy atom. The largest absolute Gasteiger partial charge is 0.272 e. The number of halogens is 1. The van der Waals surface area contributed by atoms with Gasteiger partial charge in [0.2, 0.25) is 0 Å². The van der Waals surface area contributed by atoms with Gasteiger partial charge in [0.1, 0.15) is 0 Å². The SMILES string of the molecule is CCn1cc(C#Cc2cccc(Br)c2)cn1. The zero-order chi connectivity index (χ0) is 11.4. The van der Waals surface area contributed by atoms with E-state index in [1.54, 1.807) is 6.20 Å². The number of aromatic nitrogens is 2. The Morgan fingerprint density at radius 2 is 2.12 bits per heavy atom. The normalized spacial score (nSPS) is 9.62. The van der Waals surface area contributed by atoms with E-state index < -0.39 is 0 Å². The Bertz CT molecular complexity index is 546. The molecular formula is C13H11BrN2. The molecule has 80 valence electrons. The number of aryl methyl sites for hydroxylation is 1. The summed E-state index contributed by atoms with van der Waals surface area (Å²) in [6.45, 7) is 2.93. The number of hydrogen-bond donors (Lipinski definition) is 0. The first-order valence-electron chi connectivity index (χ1n) is 5.08. The summed E-state index contributed by atoms with van der Waals surface area (Å²) in [4.78, 5) is 0. The van der Waals surface area contributed by atoms with Crippen molar-refractivity contribution in [2.45, 2.75) is 13.5 Å². The van der Waals surface area contributed by atoms with E-state index >= 15 is 0 Å². The lowest BCUT2D eigenvalue weighted by molar-refractivity contribution is 0.660. The lowest BCUT2D eigenvalue weighted by Gasteiger charge is -1.90. The summed E-state index contributed by atoms with van der Waals surface area (Å²) in [6.07, 6.45) is 3.74. The molecule has 0 amide bonds. The Hall–Kier alpha value is -1.53. The molecule has 16 heavy (non-hydrogen) atoms. The topological polar surface area (TPSA) is 17.8 Å². The van der Waals surface area contributed by atoms with Gasteiger partial charge in [-0.15, -0.1) is 0 Å². The highest BCUT2D eigenvalue weighted by Gasteiger charge is 1.92. The van der Waals surface area contributed by atoms with Crippen LogP contribution in [0.1, 0.15) is 18.1 Å². The predicted octanol–water partition coefficient (Wildman–Crippen LogP) is 3.07.